The molecule has 2 atom stereocenters. The third-order valence-corrected chi connectivity index (χ3v) is 4.23. The number of hydrogen-bond acceptors (Lipinski definition) is 4. The summed E-state index contributed by atoms with van der Waals surface area (Å²) < 4.78 is 5.79. The molecule has 6 nitrogen and oxygen atoms in total. The van der Waals surface area contributed by atoms with Crippen LogP contribution in [0.3, 0.4) is 0 Å². The maximum Gasteiger partial charge on any atom is 0.191 e. The second-order valence-electron chi connectivity index (χ2n) is 6.80. The van der Waals surface area contributed by atoms with Crippen molar-refractivity contribution in [2.75, 3.05) is 24.5 Å². The van der Waals surface area contributed by atoms with E-state index in [1.165, 1.54) is 12.8 Å². The normalized spacial score (nSPS) is 23.8. The molecule has 25 heavy (non-hydrogen) atoms. The van der Waals surface area contributed by atoms with Crippen LogP contribution < -0.4 is 15.5 Å². The number of hydrogen-bond donors (Lipinski definition) is 2. The van der Waals surface area contributed by atoms with E-state index in [4.69, 9.17) is 4.74 Å². The second-order valence-corrected chi connectivity index (χ2v) is 6.80. The number of pyridine rings is 1. The van der Waals surface area contributed by atoms with Crippen LogP contribution in [0.4, 0.5) is 5.82 Å². The molecule has 0 aromatic carbocycles. The van der Waals surface area contributed by atoms with Gasteiger partial charge in [0.25, 0.3) is 0 Å². The number of aromatic nitrogens is 1. The molecule has 0 amide bonds. The molecular formula is C18H30IN5O. The van der Waals surface area contributed by atoms with Gasteiger partial charge in [-0.15, -0.1) is 24.0 Å². The van der Waals surface area contributed by atoms with Crippen molar-refractivity contribution >= 4 is 35.8 Å². The van der Waals surface area contributed by atoms with E-state index >= 15 is 0 Å². The van der Waals surface area contributed by atoms with Crippen molar-refractivity contribution in [1.82, 2.24) is 15.6 Å². The van der Waals surface area contributed by atoms with E-state index in [1.807, 2.05) is 6.20 Å². The Bertz CT molecular complexity index is 551. The summed E-state index contributed by atoms with van der Waals surface area (Å²) in [4.78, 5) is 11.6. The summed E-state index contributed by atoms with van der Waals surface area (Å²) in [7, 11) is 0. The zero-order chi connectivity index (χ0) is 16.9. The van der Waals surface area contributed by atoms with Crippen LogP contribution in [0.25, 0.3) is 0 Å². The fourth-order valence-corrected chi connectivity index (χ4v) is 2.97. The molecule has 1 saturated heterocycles. The lowest BCUT2D eigenvalue weighted by Gasteiger charge is -2.36. The van der Waals surface area contributed by atoms with Gasteiger partial charge in [0, 0.05) is 31.9 Å². The third-order valence-electron chi connectivity index (χ3n) is 4.23. The van der Waals surface area contributed by atoms with E-state index in [1.54, 1.807) is 0 Å². The highest BCUT2D eigenvalue weighted by Crippen LogP contribution is 2.19. The lowest BCUT2D eigenvalue weighted by Crippen LogP contribution is -2.45. The molecule has 1 aromatic heterocycles. The number of halogens is 1. The quantitative estimate of drug-likeness (QED) is 0.403. The van der Waals surface area contributed by atoms with Crippen LogP contribution in [0.1, 0.15) is 39.2 Å². The van der Waals surface area contributed by atoms with Gasteiger partial charge < -0.3 is 20.3 Å². The molecule has 1 saturated carbocycles. The van der Waals surface area contributed by atoms with Crippen molar-refractivity contribution < 1.29 is 4.74 Å². The Morgan fingerprint density at radius 1 is 1.28 bits per heavy atom. The van der Waals surface area contributed by atoms with Crippen molar-refractivity contribution in [2.45, 2.75) is 58.4 Å². The zero-order valence-corrected chi connectivity index (χ0v) is 17.7. The van der Waals surface area contributed by atoms with E-state index in [-0.39, 0.29) is 36.2 Å². The minimum atomic E-state index is 0. The van der Waals surface area contributed by atoms with Gasteiger partial charge in [0.1, 0.15) is 5.82 Å². The summed E-state index contributed by atoms with van der Waals surface area (Å²) in [5, 5.41) is 6.72. The van der Waals surface area contributed by atoms with E-state index in [9.17, 15) is 0 Å². The molecule has 2 fully saturated rings. The van der Waals surface area contributed by atoms with Crippen LogP contribution in [0.15, 0.2) is 23.3 Å². The molecule has 7 heteroatoms. The minimum absolute atomic E-state index is 0. The lowest BCUT2D eigenvalue weighted by atomic mass is 10.2. The van der Waals surface area contributed by atoms with E-state index < -0.39 is 0 Å². The molecular weight excluding hydrogens is 429 g/mol. The molecule has 0 bridgehead atoms. The van der Waals surface area contributed by atoms with Crippen molar-refractivity contribution in [3.8, 4) is 0 Å². The Morgan fingerprint density at radius 3 is 2.56 bits per heavy atom. The highest BCUT2D eigenvalue weighted by Gasteiger charge is 2.23. The number of anilines is 1. The number of morpholine rings is 1. The number of rotatable bonds is 5. The van der Waals surface area contributed by atoms with Gasteiger partial charge in [-0.1, -0.05) is 6.07 Å². The summed E-state index contributed by atoms with van der Waals surface area (Å²) in [6.07, 6.45) is 4.92. The van der Waals surface area contributed by atoms with Gasteiger partial charge in [0.2, 0.25) is 0 Å². The smallest absolute Gasteiger partial charge is 0.191 e. The van der Waals surface area contributed by atoms with Gasteiger partial charge in [0.05, 0.1) is 18.8 Å². The first kappa shape index (κ1) is 20.2. The van der Waals surface area contributed by atoms with Gasteiger partial charge >= 0.3 is 0 Å². The minimum Gasteiger partial charge on any atom is -0.372 e. The maximum absolute atomic E-state index is 5.79. The van der Waals surface area contributed by atoms with Gasteiger partial charge in [-0.25, -0.2) is 9.98 Å². The van der Waals surface area contributed by atoms with Crippen LogP contribution in [0, 0.1) is 0 Å². The van der Waals surface area contributed by atoms with Crippen LogP contribution >= 0.6 is 24.0 Å². The van der Waals surface area contributed by atoms with Gasteiger partial charge in [-0.3, -0.25) is 0 Å². The number of aliphatic imine (C=N–C) groups is 1. The summed E-state index contributed by atoms with van der Waals surface area (Å²) in [6.45, 7) is 9.62. The number of nitrogens with zero attached hydrogens (tertiary/aromatic N) is 3. The Morgan fingerprint density at radius 2 is 2.00 bits per heavy atom. The molecule has 2 N–H and O–H groups in total. The van der Waals surface area contributed by atoms with Crippen LogP contribution in [0.5, 0.6) is 0 Å². The zero-order valence-electron chi connectivity index (χ0n) is 15.4. The van der Waals surface area contributed by atoms with Crippen LogP contribution in [-0.2, 0) is 11.3 Å². The third kappa shape index (κ3) is 6.29. The molecule has 3 rings (SSSR count). The topological polar surface area (TPSA) is 61.8 Å². The number of guanidine groups is 1. The summed E-state index contributed by atoms with van der Waals surface area (Å²) in [5.41, 5.74) is 1.13. The molecule has 2 unspecified atom stereocenters. The first-order chi connectivity index (χ1) is 11.6. The SMILES string of the molecule is CCNC(=NCc1ccc(N2CC(C)OC(C)C2)nc1)NC1CC1.I. The summed E-state index contributed by atoms with van der Waals surface area (Å²) in [6, 6.07) is 4.82. The Balaban J connectivity index is 0.00000225. The van der Waals surface area contributed by atoms with Crippen molar-refractivity contribution in [3.05, 3.63) is 23.9 Å². The molecule has 140 valence electrons. The van der Waals surface area contributed by atoms with Crippen LogP contribution in [-0.4, -0.2) is 48.8 Å². The molecule has 1 aliphatic carbocycles. The molecule has 1 aromatic rings. The molecule has 2 heterocycles. The number of ether oxygens (including phenoxy) is 1. The molecule has 0 radical (unpaired) electrons. The summed E-state index contributed by atoms with van der Waals surface area (Å²) >= 11 is 0. The van der Waals surface area contributed by atoms with Crippen molar-refractivity contribution in [2.24, 2.45) is 4.99 Å². The predicted octanol–water partition coefficient (Wildman–Crippen LogP) is 2.53. The fourth-order valence-electron chi connectivity index (χ4n) is 2.97. The summed E-state index contributed by atoms with van der Waals surface area (Å²) in [5.74, 6) is 1.92. The largest absolute Gasteiger partial charge is 0.372 e. The molecule has 1 aliphatic heterocycles. The van der Waals surface area contributed by atoms with E-state index in [0.717, 1.165) is 37.0 Å². The predicted molar refractivity (Wildman–Crippen MR) is 113 cm³/mol. The fraction of sp³-hybridized carbons (Fsp3) is 0.667. The molecule has 2 aliphatic rings. The van der Waals surface area contributed by atoms with E-state index in [2.05, 4.69) is 58.4 Å². The first-order valence-electron chi connectivity index (χ1n) is 9.04. The monoisotopic (exact) mass is 459 g/mol. The van der Waals surface area contributed by atoms with Crippen molar-refractivity contribution in [1.29, 1.82) is 0 Å². The highest BCUT2D eigenvalue weighted by atomic mass is 127. The van der Waals surface area contributed by atoms with E-state index in [0.29, 0.717) is 12.6 Å². The van der Waals surface area contributed by atoms with Gasteiger partial charge in [0.15, 0.2) is 5.96 Å². The standard InChI is InChI=1S/C18H29N5O.HI/c1-4-19-18(22-16-6-7-16)21-10-15-5-8-17(20-9-15)23-11-13(2)24-14(3)12-23;/h5,8-9,13-14,16H,4,6-7,10-12H2,1-3H3,(H2,19,21,22);1H. The number of nitrogens with one attached hydrogen (secondary N) is 2. The Labute approximate surface area is 167 Å². The highest BCUT2D eigenvalue weighted by molar-refractivity contribution is 14.0. The first-order valence-corrected chi connectivity index (χ1v) is 9.04. The van der Waals surface area contributed by atoms with Gasteiger partial charge in [-0.2, -0.15) is 0 Å². The average Bonchev–Trinajstić information content (AvgIpc) is 3.36. The maximum atomic E-state index is 5.79. The van der Waals surface area contributed by atoms with Crippen LogP contribution in [0.2, 0.25) is 0 Å². The van der Waals surface area contributed by atoms with Gasteiger partial charge in [-0.05, 0) is 45.2 Å². The Hall–Kier alpha value is -1.09. The second kappa shape index (κ2) is 9.56. The molecule has 0 spiro atoms. The lowest BCUT2D eigenvalue weighted by molar-refractivity contribution is -0.00545. The Kier molecular flexibility index (Phi) is 7.74. The van der Waals surface area contributed by atoms with Crippen molar-refractivity contribution in [3.63, 3.8) is 0 Å². The average molecular weight is 459 g/mol.